The third kappa shape index (κ3) is 2.51. The fraction of sp³-hybridized carbons (Fsp3) is 1.00. The molecule has 0 bridgehead atoms. The van der Waals surface area contributed by atoms with Crippen LogP contribution in [0, 0.1) is 0 Å². The highest BCUT2D eigenvalue weighted by Gasteiger charge is 2.34. The topological polar surface area (TPSA) is 26.7 Å². The average Bonchev–Trinajstić information content (AvgIpc) is 2.68. The van der Waals surface area contributed by atoms with Crippen LogP contribution in [0.2, 0.25) is 0 Å². The summed E-state index contributed by atoms with van der Waals surface area (Å²) in [6.07, 6.45) is 8.76. The van der Waals surface area contributed by atoms with Crippen molar-refractivity contribution >= 4 is 0 Å². The molecule has 1 N–H and O–H groups in total. The third-order valence-electron chi connectivity index (χ3n) is 5.00. The Hall–Kier alpha value is -0.120. The second-order valence-electron chi connectivity index (χ2n) is 6.10. The SMILES string of the molecule is O[C@@H]1CCCC[C@H]1N1CCCN2CCCC2C1. The summed E-state index contributed by atoms with van der Waals surface area (Å²) in [5.41, 5.74) is 0. The fourth-order valence-electron chi connectivity index (χ4n) is 4.05. The van der Waals surface area contributed by atoms with E-state index >= 15 is 0 Å². The first-order valence-electron chi connectivity index (χ1n) is 7.51. The summed E-state index contributed by atoms with van der Waals surface area (Å²) in [7, 11) is 0. The minimum atomic E-state index is -0.0586. The minimum Gasteiger partial charge on any atom is -0.391 e. The second-order valence-corrected chi connectivity index (χ2v) is 6.10. The molecule has 2 saturated heterocycles. The molecule has 2 heterocycles. The number of hydrogen-bond acceptors (Lipinski definition) is 3. The van der Waals surface area contributed by atoms with Gasteiger partial charge in [-0.25, -0.2) is 0 Å². The molecule has 3 aliphatic rings. The van der Waals surface area contributed by atoms with E-state index in [-0.39, 0.29) is 6.10 Å². The van der Waals surface area contributed by atoms with Gasteiger partial charge >= 0.3 is 0 Å². The van der Waals surface area contributed by atoms with E-state index in [1.165, 1.54) is 64.7 Å². The van der Waals surface area contributed by atoms with Crippen molar-refractivity contribution in [3.05, 3.63) is 0 Å². The maximum Gasteiger partial charge on any atom is 0.0695 e. The quantitative estimate of drug-likeness (QED) is 0.749. The first-order chi connectivity index (χ1) is 8.34. The Morgan fingerprint density at radius 2 is 1.53 bits per heavy atom. The molecule has 98 valence electrons. The number of rotatable bonds is 1. The first kappa shape index (κ1) is 11.9. The average molecular weight is 238 g/mol. The monoisotopic (exact) mass is 238 g/mol. The van der Waals surface area contributed by atoms with Gasteiger partial charge in [0.2, 0.25) is 0 Å². The smallest absolute Gasteiger partial charge is 0.0695 e. The van der Waals surface area contributed by atoms with Gasteiger partial charge in [-0.2, -0.15) is 0 Å². The molecule has 0 aromatic rings. The maximum absolute atomic E-state index is 10.2. The molecule has 0 amide bonds. The van der Waals surface area contributed by atoms with Crippen molar-refractivity contribution in [1.82, 2.24) is 9.80 Å². The van der Waals surface area contributed by atoms with Crippen LogP contribution < -0.4 is 0 Å². The van der Waals surface area contributed by atoms with Gasteiger partial charge in [0.25, 0.3) is 0 Å². The van der Waals surface area contributed by atoms with Crippen molar-refractivity contribution in [3.8, 4) is 0 Å². The Morgan fingerprint density at radius 3 is 2.41 bits per heavy atom. The van der Waals surface area contributed by atoms with Gasteiger partial charge in [0.15, 0.2) is 0 Å². The highest BCUT2D eigenvalue weighted by molar-refractivity contribution is 4.90. The lowest BCUT2D eigenvalue weighted by atomic mass is 9.91. The van der Waals surface area contributed by atoms with E-state index in [1.807, 2.05) is 0 Å². The van der Waals surface area contributed by atoms with Crippen LogP contribution in [0.25, 0.3) is 0 Å². The standard InChI is InChI=1S/C14H26N2O/c17-14-7-2-1-6-13(14)16-10-4-9-15-8-3-5-12(15)11-16/h12-14,17H,1-11H2/t12?,13-,14-/m1/s1. The van der Waals surface area contributed by atoms with E-state index in [0.29, 0.717) is 6.04 Å². The van der Waals surface area contributed by atoms with Gasteiger partial charge in [-0.15, -0.1) is 0 Å². The fourth-order valence-corrected chi connectivity index (χ4v) is 4.05. The molecule has 0 aromatic carbocycles. The highest BCUT2D eigenvalue weighted by atomic mass is 16.3. The molecule has 3 heteroatoms. The van der Waals surface area contributed by atoms with Gasteiger partial charge in [-0.3, -0.25) is 9.80 Å². The maximum atomic E-state index is 10.2. The van der Waals surface area contributed by atoms with Crippen LogP contribution in [-0.4, -0.2) is 59.3 Å². The lowest BCUT2D eigenvalue weighted by Gasteiger charge is -2.38. The number of hydrogen-bond donors (Lipinski definition) is 1. The number of fused-ring (bicyclic) bond motifs is 1. The summed E-state index contributed by atoms with van der Waals surface area (Å²) in [4.78, 5) is 5.29. The van der Waals surface area contributed by atoms with Crippen molar-refractivity contribution < 1.29 is 5.11 Å². The van der Waals surface area contributed by atoms with Crippen molar-refractivity contribution in [2.45, 2.75) is 63.1 Å². The second kappa shape index (κ2) is 5.25. The lowest BCUT2D eigenvalue weighted by Crippen LogP contribution is -2.48. The Balaban J connectivity index is 1.65. The molecule has 0 aromatic heterocycles. The Morgan fingerprint density at radius 1 is 0.765 bits per heavy atom. The minimum absolute atomic E-state index is 0.0586. The van der Waals surface area contributed by atoms with Gasteiger partial charge < -0.3 is 5.11 Å². The van der Waals surface area contributed by atoms with Crippen molar-refractivity contribution in [2.75, 3.05) is 26.2 Å². The van der Waals surface area contributed by atoms with Gasteiger partial charge in [-0.1, -0.05) is 12.8 Å². The van der Waals surface area contributed by atoms with Crippen LogP contribution in [0.1, 0.15) is 44.9 Å². The number of aliphatic hydroxyl groups is 1. The van der Waals surface area contributed by atoms with Crippen LogP contribution >= 0.6 is 0 Å². The zero-order chi connectivity index (χ0) is 11.7. The normalized spacial score (nSPS) is 41.1. The molecule has 3 atom stereocenters. The summed E-state index contributed by atoms with van der Waals surface area (Å²) < 4.78 is 0. The number of aliphatic hydroxyl groups excluding tert-OH is 1. The molecule has 1 unspecified atom stereocenters. The van der Waals surface area contributed by atoms with Crippen LogP contribution in [0.3, 0.4) is 0 Å². The van der Waals surface area contributed by atoms with Crippen LogP contribution in [0.15, 0.2) is 0 Å². The predicted molar refractivity (Wildman–Crippen MR) is 69.0 cm³/mol. The Bertz CT molecular complexity index is 259. The van der Waals surface area contributed by atoms with E-state index in [1.54, 1.807) is 0 Å². The van der Waals surface area contributed by atoms with Crippen LogP contribution in [0.5, 0.6) is 0 Å². The number of nitrogens with zero attached hydrogens (tertiary/aromatic N) is 2. The van der Waals surface area contributed by atoms with Crippen molar-refractivity contribution in [3.63, 3.8) is 0 Å². The molecule has 17 heavy (non-hydrogen) atoms. The van der Waals surface area contributed by atoms with Crippen LogP contribution in [-0.2, 0) is 0 Å². The first-order valence-corrected chi connectivity index (χ1v) is 7.51. The molecule has 0 radical (unpaired) electrons. The molecular formula is C14H26N2O. The Kier molecular flexibility index (Phi) is 3.69. The van der Waals surface area contributed by atoms with E-state index in [4.69, 9.17) is 0 Å². The van der Waals surface area contributed by atoms with Gasteiger partial charge in [0.05, 0.1) is 6.10 Å². The summed E-state index contributed by atoms with van der Waals surface area (Å²) in [6, 6.07) is 1.25. The summed E-state index contributed by atoms with van der Waals surface area (Å²) in [6.45, 7) is 5.01. The van der Waals surface area contributed by atoms with Crippen molar-refractivity contribution in [2.24, 2.45) is 0 Å². The highest BCUT2D eigenvalue weighted by Crippen LogP contribution is 2.28. The summed E-state index contributed by atoms with van der Waals surface area (Å²) >= 11 is 0. The van der Waals surface area contributed by atoms with E-state index in [9.17, 15) is 5.11 Å². The summed E-state index contributed by atoms with van der Waals surface area (Å²) in [5, 5.41) is 10.2. The third-order valence-corrected chi connectivity index (χ3v) is 5.00. The van der Waals surface area contributed by atoms with Gasteiger partial charge in [0.1, 0.15) is 0 Å². The molecule has 1 saturated carbocycles. The van der Waals surface area contributed by atoms with E-state index in [0.717, 1.165) is 12.5 Å². The predicted octanol–water partition coefficient (Wildman–Crippen LogP) is 1.46. The molecular weight excluding hydrogens is 212 g/mol. The molecule has 2 aliphatic heterocycles. The molecule has 3 fully saturated rings. The summed E-state index contributed by atoms with van der Waals surface area (Å²) in [5.74, 6) is 0. The van der Waals surface area contributed by atoms with Crippen molar-refractivity contribution in [1.29, 1.82) is 0 Å². The Labute approximate surface area is 105 Å². The zero-order valence-electron chi connectivity index (χ0n) is 10.9. The molecule has 1 aliphatic carbocycles. The van der Waals surface area contributed by atoms with Gasteiger partial charge in [0, 0.05) is 18.6 Å². The molecule has 0 spiro atoms. The zero-order valence-corrected chi connectivity index (χ0v) is 10.9. The lowest BCUT2D eigenvalue weighted by molar-refractivity contribution is 0.0171. The van der Waals surface area contributed by atoms with E-state index in [2.05, 4.69) is 9.80 Å². The molecule has 3 rings (SSSR count). The molecule has 3 nitrogen and oxygen atoms in total. The van der Waals surface area contributed by atoms with Gasteiger partial charge in [-0.05, 0) is 51.7 Å². The largest absolute Gasteiger partial charge is 0.391 e. The van der Waals surface area contributed by atoms with Crippen LogP contribution in [0.4, 0.5) is 0 Å². The van der Waals surface area contributed by atoms with E-state index < -0.39 is 0 Å².